The minimum Gasteiger partial charge on any atom is -0.497 e. The number of hydrogen-bond donors (Lipinski definition) is 2. The van der Waals surface area contributed by atoms with Crippen LogP contribution in [-0.4, -0.2) is 37.9 Å². The molecule has 176 valence electrons. The molecule has 0 bridgehead atoms. The fourth-order valence-electron chi connectivity index (χ4n) is 4.10. The number of amides is 3. The van der Waals surface area contributed by atoms with Crippen LogP contribution in [0.3, 0.4) is 0 Å². The molecule has 2 aromatic carbocycles. The van der Waals surface area contributed by atoms with Gasteiger partial charge in [0.15, 0.2) is 0 Å². The number of hydrogen-bond acceptors (Lipinski definition) is 4. The summed E-state index contributed by atoms with van der Waals surface area (Å²) in [6.07, 6.45) is 6.97. The van der Waals surface area contributed by atoms with E-state index in [2.05, 4.69) is 10.6 Å². The summed E-state index contributed by atoms with van der Waals surface area (Å²) in [4.78, 5) is 39.5. The zero-order valence-corrected chi connectivity index (χ0v) is 19.4. The molecule has 1 saturated carbocycles. The molecular formula is C26H33N3O4. The van der Waals surface area contributed by atoms with Crippen molar-refractivity contribution < 1.29 is 19.1 Å². The molecule has 0 atom stereocenters. The van der Waals surface area contributed by atoms with Crippen molar-refractivity contribution in [3.63, 3.8) is 0 Å². The van der Waals surface area contributed by atoms with Crippen molar-refractivity contribution in [1.29, 1.82) is 0 Å². The Morgan fingerprint density at radius 1 is 0.970 bits per heavy atom. The molecule has 0 aliphatic heterocycles. The molecule has 2 aromatic rings. The van der Waals surface area contributed by atoms with Crippen LogP contribution in [0.25, 0.3) is 0 Å². The van der Waals surface area contributed by atoms with E-state index in [1.807, 2.05) is 0 Å². The standard InChI is InChI=1S/C26H33N3O4/c1-29(25(31)17-16-24(30)27-19-10-5-3-4-6-11-19)23-15-8-7-14-22(23)26(32)28-20-12-9-13-21(18-20)33-2/h7-9,12-15,18-19H,3-6,10-11,16-17H2,1-2H3,(H,27,30)(H,28,32). The Morgan fingerprint density at radius 2 is 1.70 bits per heavy atom. The van der Waals surface area contributed by atoms with Gasteiger partial charge in [-0.15, -0.1) is 0 Å². The summed E-state index contributed by atoms with van der Waals surface area (Å²) in [5.41, 5.74) is 1.46. The quantitative estimate of drug-likeness (QED) is 0.577. The number of benzene rings is 2. The van der Waals surface area contributed by atoms with E-state index in [0.29, 0.717) is 22.7 Å². The number of nitrogens with zero attached hydrogens (tertiary/aromatic N) is 1. The molecule has 33 heavy (non-hydrogen) atoms. The molecule has 0 unspecified atom stereocenters. The minimum absolute atomic E-state index is 0.0842. The maximum Gasteiger partial charge on any atom is 0.257 e. The summed E-state index contributed by atoms with van der Waals surface area (Å²) in [7, 11) is 3.19. The third-order valence-electron chi connectivity index (χ3n) is 6.00. The van der Waals surface area contributed by atoms with Crippen LogP contribution in [0.4, 0.5) is 11.4 Å². The van der Waals surface area contributed by atoms with Gasteiger partial charge < -0.3 is 20.3 Å². The van der Waals surface area contributed by atoms with Gasteiger partial charge in [0.1, 0.15) is 5.75 Å². The van der Waals surface area contributed by atoms with Gasteiger partial charge in [-0.2, -0.15) is 0 Å². The molecule has 2 N–H and O–H groups in total. The van der Waals surface area contributed by atoms with Crippen LogP contribution in [0, 0.1) is 0 Å². The minimum atomic E-state index is -0.329. The third-order valence-corrected chi connectivity index (χ3v) is 6.00. The van der Waals surface area contributed by atoms with Crippen LogP contribution < -0.4 is 20.3 Å². The molecule has 0 aromatic heterocycles. The van der Waals surface area contributed by atoms with Crippen molar-refractivity contribution in [2.75, 3.05) is 24.4 Å². The SMILES string of the molecule is COc1cccc(NC(=O)c2ccccc2N(C)C(=O)CCC(=O)NC2CCCCCC2)c1. The van der Waals surface area contributed by atoms with Crippen molar-refractivity contribution in [3.8, 4) is 5.75 Å². The van der Waals surface area contributed by atoms with Gasteiger partial charge in [-0.1, -0.05) is 43.9 Å². The highest BCUT2D eigenvalue weighted by atomic mass is 16.5. The van der Waals surface area contributed by atoms with Gasteiger partial charge in [-0.25, -0.2) is 0 Å². The molecule has 3 rings (SSSR count). The number of anilines is 2. The Bertz CT molecular complexity index is 968. The van der Waals surface area contributed by atoms with Crippen LogP contribution in [0.15, 0.2) is 48.5 Å². The first-order valence-electron chi connectivity index (χ1n) is 11.6. The highest BCUT2D eigenvalue weighted by Gasteiger charge is 2.20. The molecule has 0 spiro atoms. The third kappa shape index (κ3) is 7.07. The molecule has 0 heterocycles. The van der Waals surface area contributed by atoms with Crippen LogP contribution in [0.1, 0.15) is 61.7 Å². The fraction of sp³-hybridized carbons (Fsp3) is 0.423. The van der Waals surface area contributed by atoms with Gasteiger partial charge in [-0.3, -0.25) is 14.4 Å². The van der Waals surface area contributed by atoms with E-state index in [-0.39, 0.29) is 36.6 Å². The maximum absolute atomic E-state index is 12.9. The molecule has 7 heteroatoms. The molecule has 7 nitrogen and oxygen atoms in total. The average molecular weight is 452 g/mol. The number of carbonyl (C=O) groups is 3. The summed E-state index contributed by atoms with van der Waals surface area (Å²) >= 11 is 0. The van der Waals surface area contributed by atoms with Crippen LogP contribution in [-0.2, 0) is 9.59 Å². The molecule has 0 radical (unpaired) electrons. The maximum atomic E-state index is 12.9. The Kier molecular flexibility index (Phi) is 8.87. The van der Waals surface area contributed by atoms with E-state index in [0.717, 1.165) is 25.7 Å². The lowest BCUT2D eigenvalue weighted by Gasteiger charge is -2.21. The van der Waals surface area contributed by atoms with Gasteiger partial charge in [0.25, 0.3) is 5.91 Å². The van der Waals surface area contributed by atoms with Crippen molar-refractivity contribution in [2.24, 2.45) is 0 Å². The van der Waals surface area contributed by atoms with Crippen LogP contribution in [0.2, 0.25) is 0 Å². The summed E-state index contributed by atoms with van der Waals surface area (Å²) < 4.78 is 5.20. The Hall–Kier alpha value is -3.35. The van der Waals surface area contributed by atoms with Gasteiger partial charge >= 0.3 is 0 Å². The molecule has 1 aliphatic carbocycles. The Balaban J connectivity index is 1.59. The zero-order chi connectivity index (χ0) is 23.6. The summed E-state index contributed by atoms with van der Waals surface area (Å²) in [6.45, 7) is 0. The number of methoxy groups -OCH3 is 1. The first-order valence-corrected chi connectivity index (χ1v) is 11.6. The molecule has 0 saturated heterocycles. The number of nitrogens with one attached hydrogen (secondary N) is 2. The highest BCUT2D eigenvalue weighted by Crippen LogP contribution is 2.23. The van der Waals surface area contributed by atoms with Crippen LogP contribution in [0.5, 0.6) is 5.75 Å². The van der Waals surface area contributed by atoms with E-state index < -0.39 is 0 Å². The molecule has 1 aliphatic rings. The predicted octanol–water partition coefficient (Wildman–Crippen LogP) is 4.53. The summed E-state index contributed by atoms with van der Waals surface area (Å²) in [5, 5.41) is 5.92. The number of ether oxygens (including phenoxy) is 1. The molecule has 3 amide bonds. The van der Waals surface area contributed by atoms with E-state index in [9.17, 15) is 14.4 Å². The largest absolute Gasteiger partial charge is 0.497 e. The van der Waals surface area contributed by atoms with E-state index >= 15 is 0 Å². The van der Waals surface area contributed by atoms with Crippen molar-refractivity contribution in [2.45, 2.75) is 57.4 Å². The van der Waals surface area contributed by atoms with Crippen molar-refractivity contribution >= 4 is 29.1 Å². The van der Waals surface area contributed by atoms with Crippen molar-refractivity contribution in [1.82, 2.24) is 5.32 Å². The van der Waals surface area contributed by atoms with Gasteiger partial charge in [0.2, 0.25) is 11.8 Å². The van der Waals surface area contributed by atoms with Gasteiger partial charge in [0, 0.05) is 37.7 Å². The molecule has 1 fully saturated rings. The normalized spacial score (nSPS) is 14.1. The first kappa shape index (κ1) is 24.3. The fourth-order valence-corrected chi connectivity index (χ4v) is 4.10. The zero-order valence-electron chi connectivity index (χ0n) is 19.4. The smallest absolute Gasteiger partial charge is 0.257 e. The van der Waals surface area contributed by atoms with E-state index in [1.165, 1.54) is 17.7 Å². The lowest BCUT2D eigenvalue weighted by molar-refractivity contribution is -0.125. The summed E-state index contributed by atoms with van der Waals surface area (Å²) in [6, 6.07) is 14.2. The molecular weight excluding hydrogens is 418 g/mol. The van der Waals surface area contributed by atoms with Crippen molar-refractivity contribution in [3.05, 3.63) is 54.1 Å². The van der Waals surface area contributed by atoms with Gasteiger partial charge in [-0.05, 0) is 37.1 Å². The Labute approximate surface area is 195 Å². The topological polar surface area (TPSA) is 87.7 Å². The second kappa shape index (κ2) is 12.0. The van der Waals surface area contributed by atoms with Gasteiger partial charge in [0.05, 0.1) is 18.4 Å². The average Bonchev–Trinajstić information content (AvgIpc) is 3.10. The Morgan fingerprint density at radius 3 is 2.42 bits per heavy atom. The lowest BCUT2D eigenvalue weighted by atomic mass is 10.1. The lowest BCUT2D eigenvalue weighted by Crippen LogP contribution is -2.35. The monoisotopic (exact) mass is 451 g/mol. The highest BCUT2D eigenvalue weighted by molar-refractivity contribution is 6.10. The predicted molar refractivity (Wildman–Crippen MR) is 130 cm³/mol. The van der Waals surface area contributed by atoms with E-state index in [1.54, 1.807) is 62.7 Å². The number of carbonyl (C=O) groups excluding carboxylic acids is 3. The van der Waals surface area contributed by atoms with Crippen LogP contribution >= 0.6 is 0 Å². The second-order valence-electron chi connectivity index (χ2n) is 8.41. The number of para-hydroxylation sites is 1. The second-order valence-corrected chi connectivity index (χ2v) is 8.41. The van der Waals surface area contributed by atoms with E-state index in [4.69, 9.17) is 4.74 Å². The number of rotatable bonds is 8. The first-order chi connectivity index (χ1) is 16.0. The summed E-state index contributed by atoms with van der Waals surface area (Å²) in [5.74, 6) is 0.000432.